The van der Waals surface area contributed by atoms with Crippen LogP contribution < -0.4 is 16.6 Å². The molecule has 2 aromatic heterocycles. The van der Waals surface area contributed by atoms with Crippen LogP contribution >= 0.6 is 0 Å². The Bertz CT molecular complexity index is 510. The van der Waals surface area contributed by atoms with E-state index in [9.17, 15) is 0 Å². The number of hydrazine groups is 1. The van der Waals surface area contributed by atoms with E-state index in [-0.39, 0.29) is 0 Å². The summed E-state index contributed by atoms with van der Waals surface area (Å²) in [5, 5.41) is 6.74. The number of nitrogens with one attached hydrogen (secondary N) is 2. The zero-order chi connectivity index (χ0) is 12.3. The molecule has 0 amide bonds. The molecule has 90 valence electrons. The van der Waals surface area contributed by atoms with Gasteiger partial charge in [0.25, 0.3) is 0 Å². The molecule has 8 nitrogen and oxygen atoms in total. The molecule has 4 N–H and O–H groups in total. The van der Waals surface area contributed by atoms with Crippen molar-refractivity contribution in [2.75, 3.05) is 10.7 Å². The summed E-state index contributed by atoms with van der Waals surface area (Å²) in [7, 11) is 0. The van der Waals surface area contributed by atoms with Crippen molar-refractivity contribution in [2.24, 2.45) is 5.84 Å². The van der Waals surface area contributed by atoms with Gasteiger partial charge in [0.05, 0.1) is 6.54 Å². The summed E-state index contributed by atoms with van der Waals surface area (Å²) in [5.41, 5.74) is 3.20. The predicted molar refractivity (Wildman–Crippen MR) is 60.9 cm³/mol. The largest absolute Gasteiger partial charge is 0.361 e. The number of nitrogens with two attached hydrogens (primary N) is 1. The van der Waals surface area contributed by atoms with Crippen molar-refractivity contribution < 1.29 is 4.52 Å². The van der Waals surface area contributed by atoms with Crippen molar-refractivity contribution in [2.45, 2.75) is 20.4 Å². The Hall–Kier alpha value is -2.22. The molecular weight excluding hydrogens is 222 g/mol. The van der Waals surface area contributed by atoms with Crippen LogP contribution in [-0.4, -0.2) is 20.1 Å². The molecule has 0 radical (unpaired) electrons. The molecule has 2 aromatic rings. The highest BCUT2D eigenvalue weighted by Crippen LogP contribution is 2.09. The normalized spacial score (nSPS) is 10.3. The smallest absolute Gasteiger partial charge is 0.245 e. The fourth-order valence-electron chi connectivity index (χ4n) is 1.30. The van der Waals surface area contributed by atoms with Crippen molar-refractivity contribution >= 4 is 11.8 Å². The second-order valence-corrected chi connectivity index (χ2v) is 3.45. The second kappa shape index (κ2) is 4.74. The van der Waals surface area contributed by atoms with Crippen molar-refractivity contribution in [1.82, 2.24) is 20.1 Å². The monoisotopic (exact) mass is 235 g/mol. The predicted octanol–water partition coefficient (Wildman–Crippen LogP) is 0.374. The number of nitrogen functional groups attached to an aromatic ring is 1. The zero-order valence-electron chi connectivity index (χ0n) is 9.56. The highest BCUT2D eigenvalue weighted by Gasteiger charge is 2.04. The van der Waals surface area contributed by atoms with E-state index in [0.717, 1.165) is 5.69 Å². The van der Waals surface area contributed by atoms with Gasteiger partial charge in [-0.2, -0.15) is 9.97 Å². The van der Waals surface area contributed by atoms with Gasteiger partial charge >= 0.3 is 0 Å². The quantitative estimate of drug-likeness (QED) is 0.514. The standard InChI is InChI=1S/C9H13N7O/c1-5-3-7(14-9(12-5)15-10)11-4-8-13-6(2)16-17-8/h3H,4,10H2,1-2H3,(H2,11,12,14,15). The molecule has 0 aromatic carbocycles. The lowest BCUT2D eigenvalue weighted by molar-refractivity contribution is 0.379. The Morgan fingerprint density at radius 3 is 2.76 bits per heavy atom. The van der Waals surface area contributed by atoms with Crippen LogP contribution in [0.1, 0.15) is 17.4 Å². The first-order chi connectivity index (χ1) is 8.17. The van der Waals surface area contributed by atoms with Gasteiger partial charge in [-0.05, 0) is 13.8 Å². The van der Waals surface area contributed by atoms with E-state index in [1.54, 1.807) is 13.0 Å². The molecule has 0 saturated heterocycles. The average Bonchev–Trinajstić information content (AvgIpc) is 2.72. The number of rotatable bonds is 4. The van der Waals surface area contributed by atoms with Crippen molar-refractivity contribution in [1.29, 1.82) is 0 Å². The molecule has 8 heteroatoms. The Morgan fingerprint density at radius 1 is 1.29 bits per heavy atom. The van der Waals surface area contributed by atoms with Gasteiger partial charge in [0, 0.05) is 11.8 Å². The lowest BCUT2D eigenvalue weighted by Crippen LogP contribution is -2.12. The van der Waals surface area contributed by atoms with E-state index in [0.29, 0.717) is 30.0 Å². The van der Waals surface area contributed by atoms with E-state index in [1.807, 2.05) is 6.92 Å². The average molecular weight is 235 g/mol. The van der Waals surface area contributed by atoms with Crippen LogP contribution in [0, 0.1) is 13.8 Å². The van der Waals surface area contributed by atoms with Crippen LogP contribution in [0.2, 0.25) is 0 Å². The topological polar surface area (TPSA) is 115 Å². The third kappa shape index (κ3) is 2.88. The van der Waals surface area contributed by atoms with Gasteiger partial charge in [-0.25, -0.2) is 10.8 Å². The lowest BCUT2D eigenvalue weighted by atomic mass is 10.4. The maximum Gasteiger partial charge on any atom is 0.245 e. The van der Waals surface area contributed by atoms with E-state index in [1.165, 1.54) is 0 Å². The fraction of sp³-hybridized carbons (Fsp3) is 0.333. The van der Waals surface area contributed by atoms with Crippen LogP contribution in [0.25, 0.3) is 0 Å². The first-order valence-electron chi connectivity index (χ1n) is 5.03. The lowest BCUT2D eigenvalue weighted by Gasteiger charge is -2.05. The molecule has 2 rings (SSSR count). The third-order valence-electron chi connectivity index (χ3n) is 1.97. The molecular formula is C9H13N7O. The second-order valence-electron chi connectivity index (χ2n) is 3.45. The molecule has 2 heterocycles. The molecule has 0 aliphatic heterocycles. The van der Waals surface area contributed by atoms with Crippen molar-refractivity contribution in [3.63, 3.8) is 0 Å². The number of hydrogen-bond acceptors (Lipinski definition) is 8. The van der Waals surface area contributed by atoms with Gasteiger partial charge in [-0.15, -0.1) is 0 Å². The molecule has 0 aliphatic carbocycles. The SMILES string of the molecule is Cc1cc(NCc2nc(C)no2)nc(NN)n1. The van der Waals surface area contributed by atoms with Crippen molar-refractivity contribution in [3.05, 3.63) is 23.5 Å². The van der Waals surface area contributed by atoms with E-state index in [4.69, 9.17) is 10.4 Å². The third-order valence-corrected chi connectivity index (χ3v) is 1.97. The molecule has 0 spiro atoms. The molecule has 0 saturated carbocycles. The molecule has 17 heavy (non-hydrogen) atoms. The van der Waals surface area contributed by atoms with Gasteiger partial charge < -0.3 is 9.84 Å². The molecule has 0 atom stereocenters. The summed E-state index contributed by atoms with van der Waals surface area (Å²) in [6.45, 7) is 4.02. The van der Waals surface area contributed by atoms with E-state index >= 15 is 0 Å². The number of nitrogens with zero attached hydrogens (tertiary/aromatic N) is 4. The van der Waals surface area contributed by atoms with Crippen LogP contribution in [0.3, 0.4) is 0 Å². The number of hydrogen-bond donors (Lipinski definition) is 3. The Balaban J connectivity index is 2.05. The minimum Gasteiger partial charge on any atom is -0.361 e. The van der Waals surface area contributed by atoms with Crippen LogP contribution in [0.4, 0.5) is 11.8 Å². The number of anilines is 2. The summed E-state index contributed by atoms with van der Waals surface area (Å²) in [4.78, 5) is 12.3. The van der Waals surface area contributed by atoms with Gasteiger partial charge in [-0.3, -0.25) is 5.43 Å². The Kier molecular flexibility index (Phi) is 3.15. The molecule has 0 bridgehead atoms. The van der Waals surface area contributed by atoms with E-state index < -0.39 is 0 Å². The van der Waals surface area contributed by atoms with Gasteiger partial charge in [0.15, 0.2) is 5.82 Å². The van der Waals surface area contributed by atoms with Gasteiger partial charge in [0.2, 0.25) is 11.8 Å². The maximum absolute atomic E-state index is 5.25. The van der Waals surface area contributed by atoms with Crippen molar-refractivity contribution in [3.8, 4) is 0 Å². The summed E-state index contributed by atoms with van der Waals surface area (Å²) in [6, 6.07) is 1.80. The maximum atomic E-state index is 5.25. The number of aryl methyl sites for hydroxylation is 2. The summed E-state index contributed by atoms with van der Waals surface area (Å²) >= 11 is 0. The zero-order valence-corrected chi connectivity index (χ0v) is 9.56. The summed E-state index contributed by atoms with van der Waals surface area (Å²) in [5.74, 6) is 7.35. The van der Waals surface area contributed by atoms with Crippen LogP contribution in [0.15, 0.2) is 10.6 Å². The van der Waals surface area contributed by atoms with Gasteiger partial charge in [-0.1, -0.05) is 5.16 Å². The highest BCUT2D eigenvalue weighted by molar-refractivity contribution is 5.41. The summed E-state index contributed by atoms with van der Waals surface area (Å²) in [6.07, 6.45) is 0. The van der Waals surface area contributed by atoms with Crippen LogP contribution in [-0.2, 0) is 6.54 Å². The Labute approximate surface area is 97.6 Å². The molecule has 0 unspecified atom stereocenters. The molecule has 0 aliphatic rings. The Morgan fingerprint density at radius 2 is 2.12 bits per heavy atom. The fourth-order valence-corrected chi connectivity index (χ4v) is 1.30. The number of aromatic nitrogens is 4. The minimum atomic E-state index is 0.356. The molecule has 0 fully saturated rings. The van der Waals surface area contributed by atoms with Gasteiger partial charge in [0.1, 0.15) is 5.82 Å². The first kappa shape index (κ1) is 11.3. The minimum absolute atomic E-state index is 0.356. The summed E-state index contributed by atoms with van der Waals surface area (Å²) < 4.78 is 4.97. The first-order valence-corrected chi connectivity index (χ1v) is 5.03. The van der Waals surface area contributed by atoms with Crippen LogP contribution in [0.5, 0.6) is 0 Å². The van der Waals surface area contributed by atoms with E-state index in [2.05, 4.69) is 30.9 Å². The highest BCUT2D eigenvalue weighted by atomic mass is 16.5.